The Balaban J connectivity index is 1.28. The molecule has 7 nitrogen and oxygen atoms in total. The van der Waals surface area contributed by atoms with Crippen LogP contribution in [-0.2, 0) is 11.2 Å². The molecule has 0 saturated carbocycles. The smallest absolute Gasteiger partial charge is 0.332 e. The highest BCUT2D eigenvalue weighted by atomic mass is 19.1. The molecule has 4 amide bonds. The van der Waals surface area contributed by atoms with Gasteiger partial charge in [0.05, 0.1) is 11.3 Å². The first-order valence-corrected chi connectivity index (χ1v) is 14.3. The second-order valence-corrected chi connectivity index (χ2v) is 11.3. The molecule has 1 aromatic heterocycles. The molecule has 4 aromatic carbocycles. The van der Waals surface area contributed by atoms with Gasteiger partial charge in [-0.05, 0) is 65.1 Å². The van der Waals surface area contributed by atoms with Crippen LogP contribution >= 0.6 is 0 Å². The maximum absolute atomic E-state index is 14.3. The lowest BCUT2D eigenvalue weighted by Gasteiger charge is -2.36. The summed E-state index contributed by atoms with van der Waals surface area (Å²) in [5.74, 6) is -0.870. The van der Waals surface area contributed by atoms with Crippen molar-refractivity contribution in [3.05, 3.63) is 131 Å². The lowest BCUT2D eigenvalue weighted by atomic mass is 9.89. The van der Waals surface area contributed by atoms with Gasteiger partial charge < -0.3 is 10.3 Å². The van der Waals surface area contributed by atoms with Gasteiger partial charge in [0.2, 0.25) is 0 Å². The third kappa shape index (κ3) is 4.37. The number of nitrogens with zero attached hydrogens (tertiary/aromatic N) is 2. The average Bonchev–Trinajstić information content (AvgIpc) is 3.51. The first kappa shape index (κ1) is 26.6. The number of nitrogens with one attached hydrogen (secondary N) is 2. The number of fused-ring (bicyclic) bond motifs is 4. The molecular weight excluding hydrogens is 543 g/mol. The second kappa shape index (κ2) is 10.2. The van der Waals surface area contributed by atoms with Crippen LogP contribution in [0.25, 0.3) is 10.9 Å². The number of hydrogen-bond donors (Lipinski definition) is 2. The molecule has 0 radical (unpaired) electrons. The normalized spacial score (nSPS) is 17.9. The zero-order chi connectivity index (χ0) is 29.8. The first-order chi connectivity index (χ1) is 20.8. The van der Waals surface area contributed by atoms with Gasteiger partial charge in [-0.15, -0.1) is 0 Å². The molecule has 8 heteroatoms. The van der Waals surface area contributed by atoms with Gasteiger partial charge in [0, 0.05) is 28.7 Å². The van der Waals surface area contributed by atoms with E-state index in [2.05, 4.69) is 24.1 Å². The van der Waals surface area contributed by atoms with Crippen LogP contribution in [0.15, 0.2) is 97.1 Å². The lowest BCUT2D eigenvalue weighted by molar-refractivity contribution is -0.120. The van der Waals surface area contributed by atoms with Crippen LogP contribution in [0.3, 0.4) is 0 Å². The highest BCUT2D eigenvalue weighted by molar-refractivity contribution is 6.24. The highest BCUT2D eigenvalue weighted by Gasteiger charge is 2.53. The van der Waals surface area contributed by atoms with Gasteiger partial charge in [-0.25, -0.2) is 14.1 Å². The summed E-state index contributed by atoms with van der Waals surface area (Å²) in [4.78, 5) is 48.1. The quantitative estimate of drug-likeness (QED) is 0.219. The number of amides is 4. The topological polar surface area (TPSA) is 85.5 Å². The third-order valence-corrected chi connectivity index (χ3v) is 8.46. The SMILES string of the molecule is CC(C)c1ccc(NC(=O)c2ccccc2N2C(=O)C3Cc4c([nH]c5ccccc45)C(c4ccc(F)cc4)N3C2=O)cc1. The van der Waals surface area contributed by atoms with Crippen LogP contribution in [0.1, 0.15) is 58.5 Å². The van der Waals surface area contributed by atoms with E-state index in [1.54, 1.807) is 41.3 Å². The molecule has 0 bridgehead atoms. The molecule has 1 saturated heterocycles. The number of hydrogen-bond acceptors (Lipinski definition) is 3. The van der Waals surface area contributed by atoms with Gasteiger partial charge in [0.25, 0.3) is 11.8 Å². The minimum atomic E-state index is -0.797. The number of imide groups is 1. The third-order valence-electron chi connectivity index (χ3n) is 8.46. The van der Waals surface area contributed by atoms with Crippen LogP contribution < -0.4 is 10.2 Å². The molecule has 1 fully saturated rings. The molecule has 2 N–H and O–H groups in total. The molecule has 5 aromatic rings. The summed E-state index contributed by atoms with van der Waals surface area (Å²) in [5, 5.41) is 3.89. The van der Waals surface area contributed by atoms with Gasteiger partial charge in [-0.2, -0.15) is 0 Å². The maximum Gasteiger partial charge on any atom is 0.332 e. The van der Waals surface area contributed by atoms with Crippen molar-refractivity contribution >= 4 is 40.1 Å². The molecule has 2 aliphatic rings. The number of carbonyl (C=O) groups is 3. The van der Waals surface area contributed by atoms with Gasteiger partial charge in [-0.1, -0.05) is 68.4 Å². The Labute approximate surface area is 247 Å². The number of rotatable bonds is 5. The maximum atomic E-state index is 14.3. The standard InChI is InChI=1S/C35H29FN4O3/c1-20(2)21-13-17-24(18-14-21)37-33(41)26-8-4-6-10-29(26)40-34(42)30-19-27-25-7-3-5-9-28(25)38-31(27)32(39(30)35(40)43)22-11-15-23(36)16-12-22/h3-18,20,30,32,38H,19H2,1-2H3,(H,37,41). The van der Waals surface area contributed by atoms with Crippen molar-refractivity contribution in [3.63, 3.8) is 0 Å². The van der Waals surface area contributed by atoms with Gasteiger partial charge in [-0.3, -0.25) is 14.5 Å². The van der Waals surface area contributed by atoms with E-state index in [4.69, 9.17) is 0 Å². The average molecular weight is 573 g/mol. The van der Waals surface area contributed by atoms with Gasteiger partial charge >= 0.3 is 6.03 Å². The summed E-state index contributed by atoms with van der Waals surface area (Å²) >= 11 is 0. The number of aromatic nitrogens is 1. The highest BCUT2D eigenvalue weighted by Crippen LogP contribution is 2.45. The number of para-hydroxylation sites is 2. The molecule has 2 atom stereocenters. The Morgan fingerprint density at radius 1 is 0.907 bits per heavy atom. The van der Waals surface area contributed by atoms with Crippen LogP contribution in [0.5, 0.6) is 0 Å². The number of benzene rings is 4. The molecule has 2 aliphatic heterocycles. The Morgan fingerprint density at radius 2 is 1.60 bits per heavy atom. The summed E-state index contributed by atoms with van der Waals surface area (Å²) in [6.45, 7) is 4.20. The molecule has 3 heterocycles. The number of urea groups is 1. The van der Waals surface area contributed by atoms with Crippen molar-refractivity contribution in [1.82, 2.24) is 9.88 Å². The first-order valence-electron chi connectivity index (χ1n) is 14.3. The minimum absolute atomic E-state index is 0.208. The summed E-state index contributed by atoms with van der Waals surface area (Å²) in [6, 6.07) is 26.1. The second-order valence-electron chi connectivity index (χ2n) is 11.3. The zero-order valence-corrected chi connectivity index (χ0v) is 23.7. The summed E-state index contributed by atoms with van der Waals surface area (Å²) < 4.78 is 14.0. The Morgan fingerprint density at radius 3 is 2.35 bits per heavy atom. The predicted octanol–water partition coefficient (Wildman–Crippen LogP) is 7.17. The van der Waals surface area contributed by atoms with E-state index in [1.165, 1.54) is 12.1 Å². The summed E-state index contributed by atoms with van der Waals surface area (Å²) in [5.41, 5.74) is 5.51. The van der Waals surface area contributed by atoms with E-state index in [1.807, 2.05) is 48.5 Å². The van der Waals surface area contributed by atoms with E-state index >= 15 is 0 Å². The molecular formula is C35H29FN4O3. The number of aromatic amines is 1. The Hall–Kier alpha value is -5.24. The van der Waals surface area contributed by atoms with Crippen molar-refractivity contribution < 1.29 is 18.8 Å². The predicted molar refractivity (Wildman–Crippen MR) is 164 cm³/mol. The van der Waals surface area contributed by atoms with E-state index in [0.29, 0.717) is 23.6 Å². The van der Waals surface area contributed by atoms with Crippen LogP contribution in [0.4, 0.5) is 20.6 Å². The van der Waals surface area contributed by atoms with E-state index in [0.717, 1.165) is 32.6 Å². The van der Waals surface area contributed by atoms with Crippen molar-refractivity contribution in [3.8, 4) is 0 Å². The fraction of sp³-hybridized carbons (Fsp3) is 0.171. The Bertz CT molecular complexity index is 1900. The number of anilines is 2. The van der Waals surface area contributed by atoms with Crippen molar-refractivity contribution in [1.29, 1.82) is 0 Å². The molecule has 2 unspecified atom stereocenters. The fourth-order valence-corrected chi connectivity index (χ4v) is 6.30. The van der Waals surface area contributed by atoms with E-state index in [-0.39, 0.29) is 11.3 Å². The fourth-order valence-electron chi connectivity index (χ4n) is 6.30. The van der Waals surface area contributed by atoms with Gasteiger partial charge in [0.15, 0.2) is 0 Å². The zero-order valence-electron chi connectivity index (χ0n) is 23.7. The van der Waals surface area contributed by atoms with Gasteiger partial charge in [0.1, 0.15) is 17.9 Å². The summed E-state index contributed by atoms with van der Waals surface area (Å²) in [7, 11) is 0. The van der Waals surface area contributed by atoms with Crippen molar-refractivity contribution in [2.24, 2.45) is 0 Å². The lowest BCUT2D eigenvalue weighted by Crippen LogP contribution is -2.44. The number of carbonyl (C=O) groups excluding carboxylic acids is 3. The molecule has 0 aliphatic carbocycles. The van der Waals surface area contributed by atoms with Crippen molar-refractivity contribution in [2.45, 2.75) is 38.3 Å². The molecule has 7 rings (SSSR count). The van der Waals surface area contributed by atoms with Crippen LogP contribution in [0.2, 0.25) is 0 Å². The number of halogens is 1. The summed E-state index contributed by atoms with van der Waals surface area (Å²) in [6.07, 6.45) is 0.314. The van der Waals surface area contributed by atoms with E-state index in [9.17, 15) is 18.8 Å². The monoisotopic (exact) mass is 572 g/mol. The number of H-pyrrole nitrogens is 1. The molecule has 43 heavy (non-hydrogen) atoms. The minimum Gasteiger partial charge on any atom is -0.356 e. The van der Waals surface area contributed by atoms with Crippen molar-refractivity contribution in [2.75, 3.05) is 10.2 Å². The molecule has 214 valence electrons. The molecule has 0 spiro atoms. The van der Waals surface area contributed by atoms with Crippen LogP contribution in [0, 0.1) is 5.82 Å². The Kier molecular flexibility index (Phi) is 6.34. The largest absolute Gasteiger partial charge is 0.356 e. The van der Waals surface area contributed by atoms with Crippen LogP contribution in [-0.4, -0.2) is 33.8 Å². The van der Waals surface area contributed by atoms with E-state index < -0.39 is 35.7 Å².